The van der Waals surface area contributed by atoms with Crippen LogP contribution in [-0.4, -0.2) is 12.1 Å². The summed E-state index contributed by atoms with van der Waals surface area (Å²) in [6.07, 6.45) is 5.47. The van der Waals surface area contributed by atoms with Gasteiger partial charge < -0.3 is 5.32 Å². The molecule has 0 radical (unpaired) electrons. The molecule has 0 bridgehead atoms. The summed E-state index contributed by atoms with van der Waals surface area (Å²) < 4.78 is 0. The van der Waals surface area contributed by atoms with Crippen LogP contribution >= 0.6 is 0 Å². The van der Waals surface area contributed by atoms with Crippen molar-refractivity contribution in [2.75, 3.05) is 0 Å². The van der Waals surface area contributed by atoms with Crippen molar-refractivity contribution in [3.63, 3.8) is 0 Å². The summed E-state index contributed by atoms with van der Waals surface area (Å²) in [6, 6.07) is 1.52. The third kappa shape index (κ3) is 2.82. The van der Waals surface area contributed by atoms with E-state index in [1.54, 1.807) is 0 Å². The molecule has 1 heteroatoms. The van der Waals surface area contributed by atoms with Crippen LogP contribution in [0.25, 0.3) is 0 Å². The third-order valence-corrected chi connectivity index (χ3v) is 2.74. The highest BCUT2D eigenvalue weighted by Gasteiger charge is 2.29. The minimum absolute atomic E-state index is 0.709. The van der Waals surface area contributed by atoms with Crippen LogP contribution in [0.15, 0.2) is 0 Å². The van der Waals surface area contributed by atoms with E-state index in [1.807, 2.05) is 0 Å². The summed E-state index contributed by atoms with van der Waals surface area (Å²) in [5, 5.41) is 3.68. The quantitative estimate of drug-likeness (QED) is 0.643. The lowest BCUT2D eigenvalue weighted by Crippen LogP contribution is -2.37. The van der Waals surface area contributed by atoms with Crippen molar-refractivity contribution in [1.29, 1.82) is 0 Å². The molecule has 0 spiro atoms. The molecule has 1 saturated carbocycles. The number of hydrogen-bond donors (Lipinski definition) is 1. The van der Waals surface area contributed by atoms with Gasteiger partial charge in [0.2, 0.25) is 0 Å². The lowest BCUT2D eigenvalue weighted by molar-refractivity contribution is 0.392. The maximum atomic E-state index is 3.68. The summed E-state index contributed by atoms with van der Waals surface area (Å²) in [4.78, 5) is 0. The largest absolute Gasteiger partial charge is 0.311 e. The molecule has 1 aliphatic carbocycles. The van der Waals surface area contributed by atoms with E-state index >= 15 is 0 Å². The fourth-order valence-electron chi connectivity index (χ4n) is 1.57. The molecule has 0 aromatic rings. The van der Waals surface area contributed by atoms with Gasteiger partial charge in [0.15, 0.2) is 0 Å². The van der Waals surface area contributed by atoms with E-state index in [-0.39, 0.29) is 0 Å². The van der Waals surface area contributed by atoms with Gasteiger partial charge in [0.1, 0.15) is 0 Å². The van der Waals surface area contributed by atoms with Crippen molar-refractivity contribution < 1.29 is 0 Å². The van der Waals surface area contributed by atoms with E-state index in [9.17, 15) is 0 Å². The molecular formula is C10H21N. The van der Waals surface area contributed by atoms with Crippen molar-refractivity contribution in [3.8, 4) is 0 Å². The summed E-state index contributed by atoms with van der Waals surface area (Å²) in [7, 11) is 0. The van der Waals surface area contributed by atoms with Gasteiger partial charge in [-0.25, -0.2) is 0 Å². The Labute approximate surface area is 70.6 Å². The van der Waals surface area contributed by atoms with Crippen LogP contribution in [0.5, 0.6) is 0 Å². The van der Waals surface area contributed by atoms with Crippen molar-refractivity contribution in [3.05, 3.63) is 0 Å². The fraction of sp³-hybridized carbons (Fsp3) is 1.00. The predicted molar refractivity (Wildman–Crippen MR) is 49.7 cm³/mol. The highest BCUT2D eigenvalue weighted by Crippen LogP contribution is 2.34. The molecule has 1 nitrogen and oxygen atoms in total. The molecule has 2 atom stereocenters. The van der Waals surface area contributed by atoms with Gasteiger partial charge >= 0.3 is 0 Å². The van der Waals surface area contributed by atoms with Crippen LogP contribution in [0.4, 0.5) is 0 Å². The Bertz CT molecular complexity index is 107. The highest BCUT2D eigenvalue weighted by molar-refractivity contribution is 4.86. The second kappa shape index (κ2) is 4.10. The summed E-state index contributed by atoms with van der Waals surface area (Å²) in [5.74, 6) is 1.01. The van der Waals surface area contributed by atoms with Crippen molar-refractivity contribution >= 4 is 0 Å². The topological polar surface area (TPSA) is 12.0 Å². The van der Waals surface area contributed by atoms with E-state index < -0.39 is 0 Å². The molecule has 11 heavy (non-hydrogen) atoms. The lowest BCUT2D eigenvalue weighted by Gasteiger charge is -2.20. The average Bonchev–Trinajstić information content (AvgIpc) is 2.82. The van der Waals surface area contributed by atoms with Crippen molar-refractivity contribution in [2.24, 2.45) is 5.92 Å². The van der Waals surface area contributed by atoms with Crippen LogP contribution in [0, 0.1) is 5.92 Å². The Hall–Kier alpha value is -0.0400. The Morgan fingerprint density at radius 3 is 2.27 bits per heavy atom. The Morgan fingerprint density at radius 2 is 1.91 bits per heavy atom. The minimum Gasteiger partial charge on any atom is -0.311 e. The first kappa shape index (κ1) is 9.05. The smallest absolute Gasteiger partial charge is 0.00951 e. The van der Waals surface area contributed by atoms with E-state index in [4.69, 9.17) is 0 Å². The second-order valence-corrected chi connectivity index (χ2v) is 3.83. The summed E-state index contributed by atoms with van der Waals surface area (Å²) in [6.45, 7) is 6.82. The first-order valence-corrected chi connectivity index (χ1v) is 5.04. The molecule has 66 valence electrons. The van der Waals surface area contributed by atoms with Gasteiger partial charge in [-0.15, -0.1) is 0 Å². The Morgan fingerprint density at radius 1 is 1.27 bits per heavy atom. The molecule has 0 aromatic heterocycles. The van der Waals surface area contributed by atoms with E-state index in [1.165, 1.54) is 25.7 Å². The van der Waals surface area contributed by atoms with Gasteiger partial charge in [0.25, 0.3) is 0 Å². The van der Waals surface area contributed by atoms with Gasteiger partial charge in [-0.1, -0.05) is 13.8 Å². The molecule has 1 fully saturated rings. The molecule has 0 amide bonds. The standard InChI is InChI=1S/C10H21N/c1-4-8(3)11-10(5-2)9-6-7-9/h8-11H,4-7H2,1-3H3. The maximum Gasteiger partial charge on any atom is 0.00951 e. The molecule has 1 rings (SSSR count). The van der Waals surface area contributed by atoms with Gasteiger partial charge in [-0.2, -0.15) is 0 Å². The normalized spacial score (nSPS) is 23.2. The van der Waals surface area contributed by atoms with Gasteiger partial charge in [0.05, 0.1) is 0 Å². The SMILES string of the molecule is CCC(C)NC(CC)C1CC1. The Kier molecular flexibility index (Phi) is 3.38. The van der Waals surface area contributed by atoms with E-state index in [0.29, 0.717) is 6.04 Å². The van der Waals surface area contributed by atoms with Crippen LogP contribution in [0.2, 0.25) is 0 Å². The third-order valence-electron chi connectivity index (χ3n) is 2.74. The fourth-order valence-corrected chi connectivity index (χ4v) is 1.57. The van der Waals surface area contributed by atoms with Gasteiger partial charge in [-0.05, 0) is 38.5 Å². The maximum absolute atomic E-state index is 3.68. The summed E-state index contributed by atoms with van der Waals surface area (Å²) in [5.41, 5.74) is 0. The van der Waals surface area contributed by atoms with E-state index in [2.05, 4.69) is 26.1 Å². The zero-order chi connectivity index (χ0) is 8.27. The number of nitrogens with one attached hydrogen (secondary N) is 1. The first-order chi connectivity index (χ1) is 5.27. The minimum atomic E-state index is 0.709. The van der Waals surface area contributed by atoms with Crippen molar-refractivity contribution in [1.82, 2.24) is 5.32 Å². The zero-order valence-electron chi connectivity index (χ0n) is 8.06. The lowest BCUT2D eigenvalue weighted by atomic mass is 10.1. The monoisotopic (exact) mass is 155 g/mol. The van der Waals surface area contributed by atoms with Crippen LogP contribution in [-0.2, 0) is 0 Å². The second-order valence-electron chi connectivity index (χ2n) is 3.83. The first-order valence-electron chi connectivity index (χ1n) is 5.04. The zero-order valence-corrected chi connectivity index (χ0v) is 8.06. The molecule has 0 aromatic carbocycles. The van der Waals surface area contributed by atoms with E-state index in [0.717, 1.165) is 12.0 Å². The van der Waals surface area contributed by atoms with Gasteiger partial charge in [0, 0.05) is 12.1 Å². The van der Waals surface area contributed by atoms with Gasteiger partial charge in [-0.3, -0.25) is 0 Å². The van der Waals surface area contributed by atoms with Crippen LogP contribution in [0.3, 0.4) is 0 Å². The van der Waals surface area contributed by atoms with Crippen LogP contribution < -0.4 is 5.32 Å². The predicted octanol–water partition coefficient (Wildman–Crippen LogP) is 2.56. The molecule has 0 aliphatic heterocycles. The molecule has 1 N–H and O–H groups in total. The van der Waals surface area contributed by atoms with Crippen LogP contribution in [0.1, 0.15) is 46.5 Å². The molecule has 1 aliphatic rings. The number of hydrogen-bond acceptors (Lipinski definition) is 1. The molecule has 2 unspecified atom stereocenters. The molecular weight excluding hydrogens is 134 g/mol. The van der Waals surface area contributed by atoms with Crippen molar-refractivity contribution in [2.45, 2.75) is 58.5 Å². The summed E-state index contributed by atoms with van der Waals surface area (Å²) >= 11 is 0. The highest BCUT2D eigenvalue weighted by atomic mass is 15.0. The Balaban J connectivity index is 2.19. The molecule has 0 saturated heterocycles. The molecule has 0 heterocycles. The average molecular weight is 155 g/mol. The number of rotatable bonds is 5.